The molecule has 26 heavy (non-hydrogen) atoms. The van der Waals surface area contributed by atoms with Crippen molar-refractivity contribution in [3.63, 3.8) is 0 Å². The van der Waals surface area contributed by atoms with Crippen molar-refractivity contribution < 1.29 is 26.3 Å². The maximum Gasteiger partial charge on any atom is 0.287 e. The first kappa shape index (κ1) is 18.0. The van der Waals surface area contributed by atoms with Gasteiger partial charge in [-0.1, -0.05) is 60.7 Å². The van der Waals surface area contributed by atoms with Crippen molar-refractivity contribution >= 4 is 16.6 Å². The highest BCUT2D eigenvalue weighted by Gasteiger charge is 2.11. The Bertz CT molecular complexity index is 1030. The number of hydrogen-bond donors (Lipinski definition) is 0. The van der Waals surface area contributed by atoms with Crippen molar-refractivity contribution in [3.8, 4) is 11.3 Å². The van der Waals surface area contributed by atoms with Gasteiger partial charge in [0.2, 0.25) is 5.78 Å². The summed E-state index contributed by atoms with van der Waals surface area (Å²) in [7, 11) is 0. The second kappa shape index (κ2) is 8.02. The topological polar surface area (TPSA) is 33.8 Å². The lowest BCUT2D eigenvalue weighted by atomic mass is 10.1. The molecule has 1 aromatic heterocycles. The Morgan fingerprint density at radius 1 is 0.846 bits per heavy atom. The van der Waals surface area contributed by atoms with Crippen LogP contribution in [0.1, 0.15) is 10.4 Å². The Morgan fingerprint density at radius 3 is 2.31 bits per heavy atom. The zero-order chi connectivity index (χ0) is 17.1. The van der Waals surface area contributed by atoms with E-state index in [1.165, 1.54) is 10.8 Å². The Balaban J connectivity index is 0.00000196. The van der Waals surface area contributed by atoms with Crippen LogP contribution >= 0.6 is 0 Å². The number of fused-ring (bicyclic) bond motifs is 1. The molecule has 0 aliphatic rings. The van der Waals surface area contributed by atoms with E-state index in [0.717, 1.165) is 11.3 Å². The van der Waals surface area contributed by atoms with Gasteiger partial charge in [0, 0.05) is 17.2 Å². The first-order chi connectivity index (χ1) is 12.3. The summed E-state index contributed by atoms with van der Waals surface area (Å²) in [5.41, 5.74) is 2.68. The van der Waals surface area contributed by atoms with Crippen molar-refractivity contribution in [1.29, 1.82) is 0 Å². The SMILES string of the molecule is O=C(C[n+]1ccc(-c2ccc3ccccc3c2)nc1)c1ccccc1.[Br-]. The highest BCUT2D eigenvalue weighted by Crippen LogP contribution is 2.22. The molecule has 128 valence electrons. The van der Waals surface area contributed by atoms with Gasteiger partial charge in [-0.2, -0.15) is 0 Å². The fourth-order valence-corrected chi connectivity index (χ4v) is 2.88. The van der Waals surface area contributed by atoms with Crippen molar-refractivity contribution in [2.24, 2.45) is 0 Å². The van der Waals surface area contributed by atoms with Crippen LogP contribution in [0, 0.1) is 0 Å². The zero-order valence-electron chi connectivity index (χ0n) is 14.0. The molecule has 3 nitrogen and oxygen atoms in total. The first-order valence-electron chi connectivity index (χ1n) is 8.22. The molecule has 4 aromatic rings. The molecule has 0 bridgehead atoms. The van der Waals surface area contributed by atoms with Gasteiger partial charge in [-0.15, -0.1) is 0 Å². The molecule has 0 radical (unpaired) electrons. The number of ketones is 1. The summed E-state index contributed by atoms with van der Waals surface area (Å²) in [6.07, 6.45) is 3.61. The van der Waals surface area contributed by atoms with Gasteiger partial charge in [0.1, 0.15) is 0 Å². The van der Waals surface area contributed by atoms with Crippen LogP contribution in [0.5, 0.6) is 0 Å². The van der Waals surface area contributed by atoms with Gasteiger partial charge in [-0.25, -0.2) is 4.57 Å². The number of Topliss-reactive ketones (excluding diaryl/α,β-unsaturated/α-hetero) is 1. The Hall–Kier alpha value is -2.85. The molecule has 0 N–H and O–H groups in total. The minimum Gasteiger partial charge on any atom is -1.00 e. The molecule has 0 aliphatic carbocycles. The number of halogens is 1. The van der Waals surface area contributed by atoms with Crippen LogP contribution in [0.2, 0.25) is 0 Å². The minimum atomic E-state index is 0. The molecule has 0 unspecified atom stereocenters. The molecule has 4 heteroatoms. The largest absolute Gasteiger partial charge is 1.00 e. The number of aromatic nitrogens is 2. The normalized spacial score (nSPS) is 10.3. The predicted octanol–water partition coefficient (Wildman–Crippen LogP) is 1.08. The number of rotatable bonds is 4. The van der Waals surface area contributed by atoms with Crippen molar-refractivity contribution in [2.45, 2.75) is 6.54 Å². The second-order valence-electron chi connectivity index (χ2n) is 5.97. The lowest BCUT2D eigenvalue weighted by molar-refractivity contribution is -0.686. The van der Waals surface area contributed by atoms with Gasteiger partial charge in [0.05, 0.1) is 6.20 Å². The van der Waals surface area contributed by atoms with Crippen LogP contribution in [0.15, 0.2) is 91.4 Å². The summed E-state index contributed by atoms with van der Waals surface area (Å²) in [5.74, 6) is 0.0749. The van der Waals surface area contributed by atoms with Crippen LogP contribution < -0.4 is 21.5 Å². The third-order valence-electron chi connectivity index (χ3n) is 4.24. The Morgan fingerprint density at radius 2 is 1.58 bits per heavy atom. The van der Waals surface area contributed by atoms with E-state index in [9.17, 15) is 4.79 Å². The van der Waals surface area contributed by atoms with Gasteiger partial charge in [0.25, 0.3) is 6.33 Å². The molecular weight excluding hydrogens is 388 g/mol. The molecule has 0 saturated carbocycles. The number of nitrogens with zero attached hydrogens (tertiary/aromatic N) is 2. The molecule has 1 heterocycles. The van der Waals surface area contributed by atoms with Crippen molar-refractivity contribution in [3.05, 3.63) is 97.0 Å². The van der Waals surface area contributed by atoms with Gasteiger partial charge < -0.3 is 17.0 Å². The van der Waals surface area contributed by atoms with Gasteiger partial charge in [-0.05, 0) is 27.9 Å². The van der Waals surface area contributed by atoms with E-state index in [1.54, 1.807) is 10.9 Å². The molecule has 0 atom stereocenters. The van der Waals surface area contributed by atoms with Gasteiger partial charge in [0.15, 0.2) is 12.2 Å². The summed E-state index contributed by atoms with van der Waals surface area (Å²) in [6.45, 7) is 0.287. The summed E-state index contributed by atoms with van der Waals surface area (Å²) in [5, 5.41) is 2.41. The van der Waals surface area contributed by atoms with Crippen LogP contribution in [0.4, 0.5) is 0 Å². The fourth-order valence-electron chi connectivity index (χ4n) is 2.88. The summed E-state index contributed by atoms with van der Waals surface area (Å²) in [4.78, 5) is 16.8. The predicted molar refractivity (Wildman–Crippen MR) is 98.1 cm³/mol. The third-order valence-corrected chi connectivity index (χ3v) is 4.24. The number of carbonyl (C=O) groups is 1. The molecule has 0 fully saturated rings. The number of carbonyl (C=O) groups excluding carboxylic acids is 1. The maximum absolute atomic E-state index is 12.3. The van der Waals surface area contributed by atoms with Crippen LogP contribution in [-0.4, -0.2) is 10.8 Å². The molecule has 0 spiro atoms. The monoisotopic (exact) mass is 404 g/mol. The summed E-state index contributed by atoms with van der Waals surface area (Å²) < 4.78 is 1.81. The molecule has 0 saturated heterocycles. The Labute approximate surface area is 162 Å². The molecule has 3 aromatic carbocycles. The van der Waals surface area contributed by atoms with Crippen molar-refractivity contribution in [1.82, 2.24) is 4.98 Å². The second-order valence-corrected chi connectivity index (χ2v) is 5.97. The molecule has 0 aliphatic heterocycles. The van der Waals surface area contributed by atoms with E-state index in [2.05, 4.69) is 35.3 Å². The Kier molecular flexibility index (Phi) is 5.54. The number of benzene rings is 3. The first-order valence-corrected chi connectivity index (χ1v) is 8.22. The molecular formula is C22H17BrN2O. The minimum absolute atomic E-state index is 0. The highest BCUT2D eigenvalue weighted by atomic mass is 79.9. The van der Waals surface area contributed by atoms with E-state index in [4.69, 9.17) is 0 Å². The standard InChI is InChI=1S/C22H17N2O.BrH/c25-22(18-7-2-1-3-8-18)15-24-13-12-21(23-16-24)20-11-10-17-6-4-5-9-19(17)14-20;/h1-14,16H,15H2;1H/q+1;/p-1. The number of hydrogen-bond acceptors (Lipinski definition) is 2. The average molecular weight is 405 g/mol. The van der Waals surface area contributed by atoms with Crippen LogP contribution in [0.3, 0.4) is 0 Å². The highest BCUT2D eigenvalue weighted by molar-refractivity contribution is 5.95. The van der Waals surface area contributed by atoms with Crippen molar-refractivity contribution in [2.75, 3.05) is 0 Å². The van der Waals surface area contributed by atoms with Crippen LogP contribution in [0.25, 0.3) is 22.0 Å². The van der Waals surface area contributed by atoms with E-state index in [-0.39, 0.29) is 29.3 Å². The zero-order valence-corrected chi connectivity index (χ0v) is 15.6. The summed E-state index contributed by atoms with van der Waals surface area (Å²) in [6, 6.07) is 25.8. The average Bonchev–Trinajstić information content (AvgIpc) is 2.69. The van der Waals surface area contributed by atoms with E-state index in [0.29, 0.717) is 5.56 Å². The third kappa shape index (κ3) is 3.86. The van der Waals surface area contributed by atoms with E-state index in [1.807, 2.05) is 54.7 Å². The van der Waals surface area contributed by atoms with E-state index >= 15 is 0 Å². The smallest absolute Gasteiger partial charge is 0.287 e. The lowest BCUT2D eigenvalue weighted by Gasteiger charge is -2.02. The maximum atomic E-state index is 12.3. The molecule has 0 amide bonds. The lowest BCUT2D eigenvalue weighted by Crippen LogP contribution is -3.00. The summed E-state index contributed by atoms with van der Waals surface area (Å²) >= 11 is 0. The van der Waals surface area contributed by atoms with Crippen LogP contribution in [-0.2, 0) is 6.54 Å². The fraction of sp³-hybridized carbons (Fsp3) is 0.0455. The molecule has 4 rings (SSSR count). The quantitative estimate of drug-likeness (QED) is 0.376. The van der Waals surface area contributed by atoms with Gasteiger partial charge >= 0.3 is 0 Å². The van der Waals surface area contributed by atoms with E-state index < -0.39 is 0 Å². The van der Waals surface area contributed by atoms with Gasteiger partial charge in [-0.3, -0.25) is 4.79 Å².